The number of pyridine rings is 1. The van der Waals surface area contributed by atoms with E-state index < -0.39 is 18.0 Å². The molecule has 216 valence electrons. The molecular formula is C29H30Br2N4O4S2. The Morgan fingerprint density at radius 1 is 1.12 bits per heavy atom. The highest BCUT2D eigenvalue weighted by atomic mass is 79.9. The van der Waals surface area contributed by atoms with Gasteiger partial charge in [-0.1, -0.05) is 60.4 Å². The van der Waals surface area contributed by atoms with Gasteiger partial charge in [-0.15, -0.1) is 0 Å². The van der Waals surface area contributed by atoms with Gasteiger partial charge in [-0.25, -0.2) is 13.9 Å². The van der Waals surface area contributed by atoms with Gasteiger partial charge in [-0.3, -0.25) is 4.79 Å². The summed E-state index contributed by atoms with van der Waals surface area (Å²) in [7, 11) is 0. The van der Waals surface area contributed by atoms with Gasteiger partial charge in [0.2, 0.25) is 15.8 Å². The molecule has 1 saturated heterocycles. The van der Waals surface area contributed by atoms with Crippen LogP contribution in [0.25, 0.3) is 10.4 Å². The minimum Gasteiger partial charge on any atom is -1.00 e. The second kappa shape index (κ2) is 12.4. The Labute approximate surface area is 267 Å². The van der Waals surface area contributed by atoms with Crippen molar-refractivity contribution in [3.05, 3.63) is 89.1 Å². The molecule has 6 rings (SSSR count). The molecule has 0 aliphatic carbocycles. The molecule has 2 N–H and O–H groups in total. The molecule has 0 bridgehead atoms. The number of hydrogen-bond acceptors (Lipinski definition) is 5. The van der Waals surface area contributed by atoms with Crippen molar-refractivity contribution in [2.24, 2.45) is 11.8 Å². The van der Waals surface area contributed by atoms with Crippen molar-refractivity contribution in [1.82, 2.24) is 9.47 Å². The first kappa shape index (κ1) is 31.4. The molecular weight excluding hydrogens is 692 g/mol. The van der Waals surface area contributed by atoms with Gasteiger partial charge in [0.05, 0.1) is 22.9 Å². The third kappa shape index (κ3) is 5.40. The van der Waals surface area contributed by atoms with Crippen LogP contribution in [-0.4, -0.2) is 50.0 Å². The second-order valence-electron chi connectivity index (χ2n) is 10.2. The van der Waals surface area contributed by atoms with Gasteiger partial charge in [-0.2, -0.15) is 4.40 Å². The number of halogens is 2. The Hall–Kier alpha value is -2.51. The first-order valence-corrected chi connectivity index (χ1v) is 14.9. The summed E-state index contributed by atoms with van der Waals surface area (Å²) in [5.41, 5.74) is 3.15. The van der Waals surface area contributed by atoms with E-state index >= 15 is 0 Å². The number of carbonyl (C=O) groups excluding carboxylic acids is 1. The molecule has 41 heavy (non-hydrogen) atoms. The number of β-lactam (4-membered cyclic amide) rings is 1. The summed E-state index contributed by atoms with van der Waals surface area (Å²) in [4.78, 5) is 28.3. The van der Waals surface area contributed by atoms with Gasteiger partial charge < -0.3 is 49.1 Å². The van der Waals surface area contributed by atoms with Crippen LogP contribution >= 0.6 is 23.1 Å². The highest BCUT2D eigenvalue weighted by molar-refractivity contribution is 7.98. The molecule has 2 aliphatic heterocycles. The van der Waals surface area contributed by atoms with E-state index in [1.807, 2.05) is 43.9 Å². The summed E-state index contributed by atoms with van der Waals surface area (Å²) in [5, 5.41) is 21.3. The van der Waals surface area contributed by atoms with Crippen molar-refractivity contribution in [3.63, 3.8) is 0 Å². The number of aliphatic hydroxyl groups excluding tert-OH is 1. The third-order valence-electron chi connectivity index (χ3n) is 7.76. The highest BCUT2D eigenvalue weighted by Gasteiger charge is 2.60. The number of carboxylic acid groups (broad SMARTS) is 1. The number of carboxylic acids is 1. The number of aliphatic carboxylic acids is 1. The van der Waals surface area contributed by atoms with Gasteiger partial charge in [0, 0.05) is 29.2 Å². The Kier molecular flexibility index (Phi) is 9.49. The molecule has 8 nitrogen and oxygen atoms in total. The quantitative estimate of drug-likeness (QED) is 0.116. The largest absolute Gasteiger partial charge is 1.00 e. The van der Waals surface area contributed by atoms with Crippen LogP contribution in [0.5, 0.6) is 0 Å². The lowest BCUT2D eigenvalue weighted by Crippen LogP contribution is -3.00. The number of hydrogen-bond donors (Lipinski definition) is 2. The van der Waals surface area contributed by atoms with Crippen LogP contribution in [0.15, 0.2) is 78.1 Å². The molecule has 12 heteroatoms. The first-order valence-electron chi connectivity index (χ1n) is 12.9. The number of carbonyl (C=O) groups is 2. The maximum atomic E-state index is 12.7. The van der Waals surface area contributed by atoms with E-state index in [4.69, 9.17) is 0 Å². The number of rotatable bonds is 8. The van der Waals surface area contributed by atoms with Crippen LogP contribution in [0.3, 0.4) is 0 Å². The maximum absolute atomic E-state index is 12.7. The number of benzene rings is 1. The average Bonchev–Trinajstić information content (AvgIpc) is 3.52. The summed E-state index contributed by atoms with van der Waals surface area (Å²) in [6, 6.07) is 14.4. The lowest BCUT2D eigenvalue weighted by molar-refractivity contribution is -0.688. The Bertz CT molecular complexity index is 1620. The average molecular weight is 723 g/mol. The summed E-state index contributed by atoms with van der Waals surface area (Å²) in [6.07, 6.45) is 9.37. The number of imidazole rings is 1. The molecule has 0 unspecified atom stereocenters. The van der Waals surface area contributed by atoms with Crippen molar-refractivity contribution in [1.29, 1.82) is 0 Å². The fourth-order valence-corrected chi connectivity index (χ4v) is 8.14. The Balaban J connectivity index is 0.00000194. The minimum absolute atomic E-state index is 0. The fourth-order valence-electron chi connectivity index (χ4n) is 5.97. The number of thiazole rings is 1. The van der Waals surface area contributed by atoms with Crippen LogP contribution < -0.4 is 42.9 Å². The van der Waals surface area contributed by atoms with E-state index in [1.165, 1.54) is 16.0 Å². The molecule has 1 fully saturated rings. The van der Waals surface area contributed by atoms with E-state index in [0.29, 0.717) is 5.57 Å². The van der Waals surface area contributed by atoms with Crippen LogP contribution in [0.4, 0.5) is 0 Å². The molecule has 4 atom stereocenters. The van der Waals surface area contributed by atoms with Gasteiger partial charge in [0.15, 0.2) is 18.9 Å². The van der Waals surface area contributed by atoms with Crippen molar-refractivity contribution in [3.8, 4) is 0 Å². The zero-order valence-corrected chi connectivity index (χ0v) is 27.5. The molecule has 5 heterocycles. The molecule has 0 spiro atoms. The lowest BCUT2D eigenvalue weighted by atomic mass is 9.77. The smallest absolute Gasteiger partial charge is 0.352 e. The summed E-state index contributed by atoms with van der Waals surface area (Å²) in [5.74, 6) is -2.17. The van der Waals surface area contributed by atoms with E-state index in [-0.39, 0.29) is 57.5 Å². The van der Waals surface area contributed by atoms with Crippen molar-refractivity contribution in [2.45, 2.75) is 44.1 Å². The van der Waals surface area contributed by atoms with Crippen LogP contribution in [-0.2, 0) is 22.7 Å². The monoisotopic (exact) mass is 720 g/mol. The molecule has 0 radical (unpaired) electrons. The predicted molar refractivity (Wildman–Crippen MR) is 148 cm³/mol. The zero-order chi connectivity index (χ0) is 27.4. The van der Waals surface area contributed by atoms with E-state index in [2.05, 4.69) is 50.2 Å². The maximum Gasteiger partial charge on any atom is 0.352 e. The standard InChI is InChI=1S/C29H29N4O4S2.2BrH/c1-17-22(25(29(36)37)33-24(17)23(18(2)34)26(33)35)21-15-32-16-31(27(38-3)28(32)39-21)14-20-9-7-19(8-10-20)13-30-11-5-4-6-12-30;;/h4-12,15-18,23-24,34H,13-14H2,1-3H3;2*1H/q+1;;/p-1/t17-,18+,23+,24+;;/m0../s1. The number of aliphatic hydroxyl groups is 1. The van der Waals surface area contributed by atoms with E-state index in [0.717, 1.165) is 27.8 Å². The molecule has 1 aromatic carbocycles. The predicted octanol–water partition coefficient (Wildman–Crippen LogP) is -2.94. The minimum atomic E-state index is -1.11. The summed E-state index contributed by atoms with van der Waals surface area (Å²) >= 11 is 3.20. The van der Waals surface area contributed by atoms with Gasteiger partial charge in [0.1, 0.15) is 18.4 Å². The van der Waals surface area contributed by atoms with Crippen molar-refractivity contribution in [2.75, 3.05) is 6.26 Å². The summed E-state index contributed by atoms with van der Waals surface area (Å²) in [6.45, 7) is 5.09. The molecule has 2 aliphatic rings. The van der Waals surface area contributed by atoms with Crippen LogP contribution in [0, 0.1) is 11.8 Å². The van der Waals surface area contributed by atoms with Crippen LogP contribution in [0.1, 0.15) is 29.9 Å². The number of nitrogens with zero attached hydrogens (tertiary/aromatic N) is 4. The van der Waals surface area contributed by atoms with E-state index in [1.54, 1.807) is 30.0 Å². The Morgan fingerprint density at radius 3 is 2.39 bits per heavy atom. The number of thioether (sulfide) groups is 1. The number of fused-ring (bicyclic) bond motifs is 2. The molecule has 4 aromatic rings. The fraction of sp³-hybridized carbons (Fsp3) is 0.310. The first-order chi connectivity index (χ1) is 18.8. The molecule has 1 amide bonds. The van der Waals surface area contributed by atoms with Gasteiger partial charge in [-0.05, 0) is 18.7 Å². The van der Waals surface area contributed by atoms with Gasteiger partial charge in [0.25, 0.3) is 6.33 Å². The normalized spacial score (nSPS) is 20.3. The Morgan fingerprint density at radius 2 is 1.78 bits per heavy atom. The SMILES string of the molecule is CSc1c2sc(C3=C(C(=O)O)N4C(=O)[C@H]([C@@H](C)O)[C@H]4[C@H]3C)c[n+]2cn1Cc1ccc(C[n+]2ccccc2)cc1.[Br-].[Br-]. The highest BCUT2D eigenvalue weighted by Crippen LogP contribution is 2.51. The number of aromatic nitrogens is 3. The van der Waals surface area contributed by atoms with Crippen molar-refractivity contribution >= 4 is 45.4 Å². The second-order valence-corrected chi connectivity index (χ2v) is 12.1. The topological polar surface area (TPSA) is 90.8 Å². The van der Waals surface area contributed by atoms with E-state index in [9.17, 15) is 19.8 Å². The molecule has 3 aromatic heterocycles. The molecule has 0 saturated carbocycles. The lowest BCUT2D eigenvalue weighted by Gasteiger charge is -2.46. The van der Waals surface area contributed by atoms with Gasteiger partial charge >= 0.3 is 5.97 Å². The third-order valence-corrected chi connectivity index (χ3v) is 9.84. The van der Waals surface area contributed by atoms with Crippen molar-refractivity contribution < 1.29 is 62.7 Å². The number of amides is 1. The zero-order valence-electron chi connectivity index (χ0n) is 22.6. The summed E-state index contributed by atoms with van der Waals surface area (Å²) < 4.78 is 6.41. The van der Waals surface area contributed by atoms with Crippen LogP contribution in [0.2, 0.25) is 0 Å².